The van der Waals surface area contributed by atoms with Crippen LogP contribution in [-0.4, -0.2) is 83.1 Å². The number of aliphatic hydroxyl groups is 4. The van der Waals surface area contributed by atoms with Crippen molar-refractivity contribution in [2.24, 2.45) is 0 Å². The Balaban J connectivity index is 2.68. The van der Waals surface area contributed by atoms with Gasteiger partial charge in [-0.15, -0.1) is 0 Å². The van der Waals surface area contributed by atoms with E-state index < -0.39 is 46.6 Å². The van der Waals surface area contributed by atoms with Crippen molar-refractivity contribution in [3.8, 4) is 0 Å². The summed E-state index contributed by atoms with van der Waals surface area (Å²) < 4.78 is 40.2. The molecule has 0 aromatic rings. The van der Waals surface area contributed by atoms with E-state index in [1.165, 1.54) is 0 Å². The number of hydrogen-bond donors (Lipinski definition) is 5. The van der Waals surface area contributed by atoms with Crippen molar-refractivity contribution in [1.29, 1.82) is 0 Å². The Kier molecular flexibility index (Phi) is 6.08. The van der Waals surface area contributed by atoms with Crippen LogP contribution in [0.15, 0.2) is 0 Å². The third-order valence-electron chi connectivity index (χ3n) is 2.63. The van der Waals surface area contributed by atoms with Crippen LogP contribution >= 0.6 is 0 Å². The molecule has 1 aliphatic rings. The molecule has 1 heterocycles. The average Bonchev–Trinajstić information content (AvgIpc) is 2.30. The second kappa shape index (κ2) is 6.90. The topological polar surface area (TPSA) is 154 Å². The zero-order valence-corrected chi connectivity index (χ0v) is 10.8. The fraction of sp³-hybridized carbons (Fsp3) is 1.00. The van der Waals surface area contributed by atoms with Crippen LogP contribution in [0.3, 0.4) is 0 Å². The maximum Gasteiger partial charge on any atom is 0.267 e. The minimum atomic E-state index is -4.42. The Bertz CT molecular complexity index is 370. The van der Waals surface area contributed by atoms with E-state index in [9.17, 15) is 23.7 Å². The molecule has 9 nitrogen and oxygen atoms in total. The Morgan fingerprint density at radius 1 is 1.11 bits per heavy atom. The molecule has 0 aliphatic carbocycles. The zero-order valence-electron chi connectivity index (χ0n) is 9.99. The van der Waals surface area contributed by atoms with Crippen molar-refractivity contribution in [2.75, 3.05) is 19.0 Å². The van der Waals surface area contributed by atoms with E-state index in [4.69, 9.17) is 19.1 Å². The highest BCUT2D eigenvalue weighted by atomic mass is 32.2. The molecular weight excluding hydrogens is 284 g/mol. The number of ether oxygens (including phenoxy) is 2. The predicted octanol–water partition coefficient (Wildman–Crippen LogP) is -2.92. The fourth-order valence-electron chi connectivity index (χ4n) is 1.66. The average molecular weight is 302 g/mol. The first-order chi connectivity index (χ1) is 8.76. The molecule has 5 atom stereocenters. The van der Waals surface area contributed by atoms with Crippen LogP contribution in [0.2, 0.25) is 0 Å². The summed E-state index contributed by atoms with van der Waals surface area (Å²) in [5.41, 5.74) is 0. The van der Waals surface area contributed by atoms with Gasteiger partial charge in [0.05, 0.1) is 6.61 Å². The number of hydrogen-bond acceptors (Lipinski definition) is 8. The highest BCUT2D eigenvalue weighted by Gasteiger charge is 2.45. The van der Waals surface area contributed by atoms with Crippen molar-refractivity contribution in [2.45, 2.75) is 37.1 Å². The highest BCUT2D eigenvalue weighted by Crippen LogP contribution is 2.23. The quantitative estimate of drug-likeness (QED) is 0.256. The van der Waals surface area contributed by atoms with Crippen LogP contribution in [0.4, 0.5) is 0 Å². The molecule has 0 unspecified atom stereocenters. The van der Waals surface area contributed by atoms with Crippen molar-refractivity contribution in [3.63, 3.8) is 0 Å². The first kappa shape index (κ1) is 16.7. The molecule has 1 saturated heterocycles. The van der Waals surface area contributed by atoms with Crippen LogP contribution in [0.5, 0.6) is 0 Å². The Hall–Kier alpha value is -0.330. The van der Waals surface area contributed by atoms with Gasteiger partial charge in [0.25, 0.3) is 10.1 Å². The monoisotopic (exact) mass is 302 g/mol. The molecule has 1 aliphatic heterocycles. The van der Waals surface area contributed by atoms with Gasteiger partial charge in [-0.25, -0.2) is 0 Å². The molecule has 0 radical (unpaired) electrons. The van der Waals surface area contributed by atoms with Gasteiger partial charge in [-0.05, 0) is 6.42 Å². The predicted molar refractivity (Wildman–Crippen MR) is 60.8 cm³/mol. The summed E-state index contributed by atoms with van der Waals surface area (Å²) in [6, 6.07) is 0. The van der Waals surface area contributed by atoms with E-state index in [1.54, 1.807) is 0 Å². The van der Waals surface area contributed by atoms with Crippen molar-refractivity contribution < 1.29 is 42.9 Å². The van der Waals surface area contributed by atoms with Gasteiger partial charge in [0.15, 0.2) is 6.29 Å². The molecular formula is C9H18O9S. The van der Waals surface area contributed by atoms with Gasteiger partial charge in [-0.2, -0.15) is 8.42 Å². The minimum Gasteiger partial charge on any atom is -0.396 e. The van der Waals surface area contributed by atoms with E-state index in [1.807, 2.05) is 0 Å². The van der Waals surface area contributed by atoms with Crippen LogP contribution in [0, 0.1) is 0 Å². The van der Waals surface area contributed by atoms with E-state index in [2.05, 4.69) is 0 Å². The summed E-state index contributed by atoms with van der Waals surface area (Å²) in [5, 5.41) is 37.3. The van der Waals surface area contributed by atoms with Gasteiger partial charge in [-0.3, -0.25) is 4.55 Å². The lowest BCUT2D eigenvalue weighted by molar-refractivity contribution is -0.292. The van der Waals surface area contributed by atoms with E-state index in [0.717, 1.165) is 0 Å². The first-order valence-corrected chi connectivity index (χ1v) is 7.24. The second-order valence-electron chi connectivity index (χ2n) is 4.21. The summed E-state index contributed by atoms with van der Waals surface area (Å²) >= 11 is 0. The Morgan fingerprint density at radius 2 is 1.74 bits per heavy atom. The molecule has 114 valence electrons. The highest BCUT2D eigenvalue weighted by molar-refractivity contribution is 7.85. The summed E-state index contributed by atoms with van der Waals surface area (Å²) in [7, 11) is -4.42. The molecule has 0 saturated carbocycles. The second-order valence-corrected chi connectivity index (χ2v) is 5.71. The van der Waals surface area contributed by atoms with Gasteiger partial charge in [0, 0.05) is 6.61 Å². The van der Waals surface area contributed by atoms with Crippen LogP contribution < -0.4 is 0 Å². The maximum absolute atomic E-state index is 10.7. The molecule has 0 spiro atoms. The van der Waals surface area contributed by atoms with Crippen LogP contribution in [0.1, 0.15) is 6.42 Å². The van der Waals surface area contributed by atoms with E-state index in [0.29, 0.717) is 0 Å². The zero-order chi connectivity index (χ0) is 14.6. The van der Waals surface area contributed by atoms with Crippen molar-refractivity contribution in [1.82, 2.24) is 0 Å². The largest absolute Gasteiger partial charge is 0.396 e. The molecule has 1 fully saturated rings. The number of rotatable bonds is 6. The molecule has 0 aromatic heterocycles. The first-order valence-electron chi connectivity index (χ1n) is 5.63. The van der Waals surface area contributed by atoms with Gasteiger partial charge in [-0.1, -0.05) is 0 Å². The summed E-state index contributed by atoms with van der Waals surface area (Å²) in [5.74, 6) is -0.933. The normalized spacial score (nSPS) is 36.4. The van der Waals surface area contributed by atoms with Crippen LogP contribution in [0.25, 0.3) is 0 Å². The van der Waals surface area contributed by atoms with Gasteiger partial charge in [0.1, 0.15) is 30.2 Å². The smallest absolute Gasteiger partial charge is 0.267 e. The maximum atomic E-state index is 10.7. The summed E-state index contributed by atoms with van der Waals surface area (Å²) in [6.07, 6.45) is -7.42. The Labute approximate surface area is 110 Å². The van der Waals surface area contributed by atoms with Gasteiger partial charge < -0.3 is 29.9 Å². The molecule has 0 aromatic carbocycles. The standard InChI is InChI=1S/C9H18O9S/c10-2-1-3-17-9-8(13)7(12)6(11)5(18-9)4-19(14,15)16/h5-13H,1-4H2,(H,14,15,16)/t5-,6-,7+,8-,9+/m1/s1. The molecule has 5 N–H and O–H groups in total. The van der Waals surface area contributed by atoms with Crippen molar-refractivity contribution >= 4 is 10.1 Å². The van der Waals surface area contributed by atoms with Gasteiger partial charge >= 0.3 is 0 Å². The van der Waals surface area contributed by atoms with Crippen molar-refractivity contribution in [3.05, 3.63) is 0 Å². The molecule has 0 bridgehead atoms. The lowest BCUT2D eigenvalue weighted by Gasteiger charge is -2.39. The third kappa shape index (κ3) is 4.93. The fourth-order valence-corrected chi connectivity index (χ4v) is 2.35. The third-order valence-corrected chi connectivity index (χ3v) is 3.38. The minimum absolute atomic E-state index is 0.0135. The SMILES string of the molecule is O=S(=O)(O)C[C@H]1O[C@H](OCCCO)[C@H](O)[C@@H](O)[C@@H]1O. The Morgan fingerprint density at radius 3 is 2.26 bits per heavy atom. The molecule has 19 heavy (non-hydrogen) atoms. The summed E-state index contributed by atoms with van der Waals surface area (Å²) in [4.78, 5) is 0. The van der Waals surface area contributed by atoms with E-state index in [-0.39, 0.29) is 19.6 Å². The molecule has 0 amide bonds. The summed E-state index contributed by atoms with van der Waals surface area (Å²) in [6.45, 7) is -0.137. The lowest BCUT2D eigenvalue weighted by Crippen LogP contribution is -2.59. The lowest BCUT2D eigenvalue weighted by atomic mass is 10.00. The van der Waals surface area contributed by atoms with Gasteiger partial charge in [0.2, 0.25) is 0 Å². The molecule has 1 rings (SSSR count). The molecule has 10 heteroatoms. The van der Waals surface area contributed by atoms with E-state index >= 15 is 0 Å². The van der Waals surface area contributed by atoms with Crippen LogP contribution in [-0.2, 0) is 19.6 Å². The number of aliphatic hydroxyl groups excluding tert-OH is 4.